The lowest BCUT2D eigenvalue weighted by Gasteiger charge is -1.95. The Kier molecular flexibility index (Phi) is 1.75. The van der Waals surface area contributed by atoms with Crippen molar-refractivity contribution < 1.29 is 8.98 Å². The minimum atomic E-state index is -0.271. The van der Waals surface area contributed by atoms with Crippen LogP contribution in [0.25, 0.3) is 0 Å². The largest absolute Gasteiger partial charge is 0.369 e. The minimum absolute atomic E-state index is 0.102. The Labute approximate surface area is 51.8 Å². The van der Waals surface area contributed by atoms with Crippen LogP contribution in [0.4, 0.5) is 0 Å². The van der Waals surface area contributed by atoms with Crippen molar-refractivity contribution in [1.82, 2.24) is 0 Å². The zero-order valence-electron chi connectivity index (χ0n) is 4.29. The zero-order valence-corrected chi connectivity index (χ0v) is 5.11. The van der Waals surface area contributed by atoms with Gasteiger partial charge in [-0.1, -0.05) is 0 Å². The molecule has 0 aromatic heterocycles. The SMILES string of the molecule is NC(=O)C1CCOS1. The highest BCUT2D eigenvalue weighted by Gasteiger charge is 2.21. The molecule has 0 aromatic rings. The van der Waals surface area contributed by atoms with Gasteiger partial charge in [-0.25, -0.2) is 0 Å². The molecule has 1 unspecified atom stereocenters. The monoisotopic (exact) mass is 133 g/mol. The molecule has 2 N–H and O–H groups in total. The lowest BCUT2D eigenvalue weighted by atomic mass is 10.3. The second-order valence-corrected chi connectivity index (χ2v) is 2.60. The predicted molar refractivity (Wildman–Crippen MR) is 31.1 cm³/mol. The first-order valence-electron chi connectivity index (χ1n) is 2.38. The maximum atomic E-state index is 10.3. The number of carbonyl (C=O) groups is 1. The standard InChI is InChI=1S/C4H7NO2S/c5-4(6)3-1-2-7-8-3/h3H,1-2H2,(H2,5,6). The van der Waals surface area contributed by atoms with E-state index in [0.717, 1.165) is 6.42 Å². The summed E-state index contributed by atoms with van der Waals surface area (Å²) in [6, 6.07) is 0. The van der Waals surface area contributed by atoms with Crippen molar-refractivity contribution in [2.24, 2.45) is 5.73 Å². The molecule has 0 radical (unpaired) electrons. The van der Waals surface area contributed by atoms with Crippen molar-refractivity contribution in [3.63, 3.8) is 0 Å². The number of rotatable bonds is 1. The van der Waals surface area contributed by atoms with Gasteiger partial charge in [-0.15, -0.1) is 0 Å². The van der Waals surface area contributed by atoms with E-state index in [1.165, 1.54) is 12.0 Å². The van der Waals surface area contributed by atoms with E-state index in [1.54, 1.807) is 0 Å². The molecule has 1 rings (SSSR count). The molecular formula is C4H7NO2S. The van der Waals surface area contributed by atoms with Gasteiger partial charge < -0.3 is 9.92 Å². The van der Waals surface area contributed by atoms with Gasteiger partial charge in [-0.2, -0.15) is 0 Å². The Morgan fingerprint density at radius 3 is 2.88 bits per heavy atom. The molecule has 1 aliphatic heterocycles. The first kappa shape index (κ1) is 5.91. The highest BCUT2D eigenvalue weighted by molar-refractivity contribution is 7.96. The minimum Gasteiger partial charge on any atom is -0.369 e. The fourth-order valence-electron chi connectivity index (χ4n) is 0.523. The summed E-state index contributed by atoms with van der Waals surface area (Å²) in [5, 5.41) is -0.102. The Bertz CT molecular complexity index is 100. The van der Waals surface area contributed by atoms with Gasteiger partial charge in [-0.3, -0.25) is 4.79 Å². The molecule has 4 heteroatoms. The van der Waals surface area contributed by atoms with Gasteiger partial charge >= 0.3 is 0 Å². The molecule has 0 aliphatic carbocycles. The first-order chi connectivity index (χ1) is 3.80. The van der Waals surface area contributed by atoms with Crippen molar-refractivity contribution in [2.75, 3.05) is 6.61 Å². The summed E-state index contributed by atoms with van der Waals surface area (Å²) in [4.78, 5) is 10.3. The van der Waals surface area contributed by atoms with E-state index >= 15 is 0 Å². The number of hydrogen-bond donors (Lipinski definition) is 1. The van der Waals surface area contributed by atoms with Crippen LogP contribution < -0.4 is 5.73 Å². The first-order valence-corrected chi connectivity index (χ1v) is 3.19. The molecule has 8 heavy (non-hydrogen) atoms. The lowest BCUT2D eigenvalue weighted by molar-refractivity contribution is -0.117. The third kappa shape index (κ3) is 1.14. The van der Waals surface area contributed by atoms with E-state index in [1.807, 2.05) is 0 Å². The summed E-state index contributed by atoms with van der Waals surface area (Å²) in [7, 11) is 0. The molecule has 1 aliphatic rings. The van der Waals surface area contributed by atoms with Gasteiger partial charge in [-0.05, 0) is 6.42 Å². The van der Waals surface area contributed by atoms with E-state index in [-0.39, 0.29) is 11.2 Å². The van der Waals surface area contributed by atoms with Crippen LogP contribution in [0.5, 0.6) is 0 Å². The molecule has 0 bridgehead atoms. The van der Waals surface area contributed by atoms with Crippen molar-refractivity contribution in [3.8, 4) is 0 Å². The molecule has 1 saturated heterocycles. The highest BCUT2D eigenvalue weighted by atomic mass is 32.2. The fraction of sp³-hybridized carbons (Fsp3) is 0.750. The molecule has 1 heterocycles. The summed E-state index contributed by atoms with van der Waals surface area (Å²) in [6.45, 7) is 0.651. The Hall–Kier alpha value is -0.220. The molecule has 1 amide bonds. The number of nitrogens with two attached hydrogens (primary N) is 1. The van der Waals surface area contributed by atoms with Gasteiger partial charge in [0.25, 0.3) is 0 Å². The number of carbonyl (C=O) groups excluding carboxylic acids is 1. The van der Waals surface area contributed by atoms with Crippen LogP contribution in [0, 0.1) is 0 Å². The van der Waals surface area contributed by atoms with Crippen LogP contribution in [-0.4, -0.2) is 17.8 Å². The van der Waals surface area contributed by atoms with Gasteiger partial charge in [0, 0.05) is 12.0 Å². The predicted octanol–water partition coefficient (Wildman–Crippen LogP) is -0.0912. The summed E-state index contributed by atoms with van der Waals surface area (Å²) in [6.07, 6.45) is 0.764. The third-order valence-electron chi connectivity index (χ3n) is 0.965. The van der Waals surface area contributed by atoms with Gasteiger partial charge in [0.05, 0.1) is 6.61 Å². The fourth-order valence-corrected chi connectivity index (χ4v) is 1.17. The van der Waals surface area contributed by atoms with Crippen LogP contribution in [-0.2, 0) is 8.98 Å². The van der Waals surface area contributed by atoms with E-state index < -0.39 is 0 Å². The Balaban J connectivity index is 2.35. The quantitative estimate of drug-likeness (QED) is 0.508. The van der Waals surface area contributed by atoms with Crippen molar-refractivity contribution in [3.05, 3.63) is 0 Å². The number of amides is 1. The third-order valence-corrected chi connectivity index (χ3v) is 1.97. The van der Waals surface area contributed by atoms with E-state index in [2.05, 4.69) is 0 Å². The summed E-state index contributed by atoms with van der Waals surface area (Å²) in [5.41, 5.74) is 4.96. The second kappa shape index (κ2) is 2.37. The van der Waals surface area contributed by atoms with E-state index in [4.69, 9.17) is 9.92 Å². The summed E-state index contributed by atoms with van der Waals surface area (Å²) in [5.74, 6) is -0.271. The molecule has 3 nitrogen and oxygen atoms in total. The second-order valence-electron chi connectivity index (χ2n) is 1.60. The normalized spacial score (nSPS) is 28.2. The maximum absolute atomic E-state index is 10.3. The van der Waals surface area contributed by atoms with Crippen molar-refractivity contribution >= 4 is 17.9 Å². The highest BCUT2D eigenvalue weighted by Crippen LogP contribution is 2.22. The van der Waals surface area contributed by atoms with Crippen LogP contribution >= 0.6 is 12.0 Å². The van der Waals surface area contributed by atoms with E-state index in [0.29, 0.717) is 6.61 Å². The lowest BCUT2D eigenvalue weighted by Crippen LogP contribution is -2.23. The molecular weight excluding hydrogens is 126 g/mol. The molecule has 0 aromatic carbocycles. The van der Waals surface area contributed by atoms with Crippen LogP contribution in [0.3, 0.4) is 0 Å². The number of primary amides is 1. The average molecular weight is 133 g/mol. The maximum Gasteiger partial charge on any atom is 0.232 e. The summed E-state index contributed by atoms with van der Waals surface area (Å²) < 4.78 is 4.83. The molecule has 1 fully saturated rings. The van der Waals surface area contributed by atoms with E-state index in [9.17, 15) is 4.79 Å². The van der Waals surface area contributed by atoms with Crippen molar-refractivity contribution in [2.45, 2.75) is 11.7 Å². The molecule has 1 atom stereocenters. The molecule has 46 valence electrons. The Morgan fingerprint density at radius 2 is 2.62 bits per heavy atom. The smallest absolute Gasteiger partial charge is 0.232 e. The van der Waals surface area contributed by atoms with Gasteiger partial charge in [0.1, 0.15) is 5.25 Å². The van der Waals surface area contributed by atoms with Crippen LogP contribution in [0.2, 0.25) is 0 Å². The summed E-state index contributed by atoms with van der Waals surface area (Å²) >= 11 is 1.18. The van der Waals surface area contributed by atoms with Gasteiger partial charge in [0.2, 0.25) is 5.91 Å². The van der Waals surface area contributed by atoms with Gasteiger partial charge in [0.15, 0.2) is 0 Å². The molecule has 0 saturated carbocycles. The number of hydrogen-bond acceptors (Lipinski definition) is 3. The molecule has 0 spiro atoms. The Morgan fingerprint density at radius 1 is 1.88 bits per heavy atom. The zero-order chi connectivity index (χ0) is 5.98. The van der Waals surface area contributed by atoms with Crippen LogP contribution in [0.1, 0.15) is 6.42 Å². The van der Waals surface area contributed by atoms with Crippen LogP contribution in [0.15, 0.2) is 0 Å². The van der Waals surface area contributed by atoms with Crippen molar-refractivity contribution in [1.29, 1.82) is 0 Å². The topological polar surface area (TPSA) is 52.3 Å². The average Bonchev–Trinajstić information content (AvgIpc) is 2.12.